The molecule has 0 atom stereocenters. The summed E-state index contributed by atoms with van der Waals surface area (Å²) in [5.74, 6) is -0.798. The Hall–Kier alpha value is -0.640. The summed E-state index contributed by atoms with van der Waals surface area (Å²) in [6.07, 6.45) is 0. The van der Waals surface area contributed by atoms with Crippen LogP contribution >= 0.6 is 7.60 Å². The Labute approximate surface area is 57.5 Å². The number of hydrogen-bond donors (Lipinski definition) is 2. The Morgan fingerprint density at radius 2 is 2.00 bits per heavy atom. The highest BCUT2D eigenvalue weighted by atomic mass is 31.2. The van der Waals surface area contributed by atoms with Gasteiger partial charge in [0, 0.05) is 6.92 Å². The maximum absolute atomic E-state index is 10.2. The van der Waals surface area contributed by atoms with E-state index < -0.39 is 19.1 Å². The van der Waals surface area contributed by atoms with E-state index in [0.717, 1.165) is 6.92 Å². The summed E-state index contributed by atoms with van der Waals surface area (Å²) in [6, 6.07) is 0. The second-order valence-corrected chi connectivity index (χ2v) is 3.12. The van der Waals surface area contributed by atoms with Gasteiger partial charge in [0.1, 0.15) is 0 Å². The van der Waals surface area contributed by atoms with Gasteiger partial charge in [-0.2, -0.15) is 0 Å². The van der Waals surface area contributed by atoms with Gasteiger partial charge in [-0.15, -0.1) is 0 Å². The first kappa shape index (κ1) is 9.36. The first-order valence-electron chi connectivity index (χ1n) is 2.27. The van der Waals surface area contributed by atoms with Crippen molar-refractivity contribution in [1.82, 2.24) is 0 Å². The zero-order valence-electron chi connectivity index (χ0n) is 5.27. The molecule has 6 heteroatoms. The Morgan fingerprint density at radius 1 is 1.60 bits per heavy atom. The van der Waals surface area contributed by atoms with E-state index in [-0.39, 0.29) is 0 Å². The van der Waals surface area contributed by atoms with E-state index in [9.17, 15) is 9.36 Å². The molecule has 0 fully saturated rings. The van der Waals surface area contributed by atoms with Crippen LogP contribution in [0, 0.1) is 0 Å². The maximum atomic E-state index is 10.2. The number of carbonyl (C=O) groups excluding carboxylic acids is 1. The van der Waals surface area contributed by atoms with Crippen molar-refractivity contribution in [1.29, 1.82) is 0 Å². The van der Waals surface area contributed by atoms with Crippen LogP contribution in [0.5, 0.6) is 0 Å². The molecule has 10 heavy (non-hydrogen) atoms. The zero-order chi connectivity index (χ0) is 8.36. The molecule has 5 nitrogen and oxygen atoms in total. The van der Waals surface area contributed by atoms with Crippen molar-refractivity contribution in [3.8, 4) is 0 Å². The molecule has 0 rings (SSSR count). The van der Waals surface area contributed by atoms with E-state index >= 15 is 0 Å². The molecule has 0 bridgehead atoms. The van der Waals surface area contributed by atoms with Crippen molar-refractivity contribution < 1.29 is 23.9 Å². The summed E-state index contributed by atoms with van der Waals surface area (Å²) in [6.45, 7) is 3.89. The van der Waals surface area contributed by atoms with Crippen LogP contribution in [0.1, 0.15) is 6.92 Å². The van der Waals surface area contributed by atoms with Gasteiger partial charge in [-0.25, -0.2) is 0 Å². The number of hydrogen-bond acceptors (Lipinski definition) is 3. The highest BCUT2D eigenvalue weighted by Gasteiger charge is 2.21. The lowest BCUT2D eigenvalue weighted by atomic mass is 10.8. The third-order valence-electron chi connectivity index (χ3n) is 0.586. The largest absolute Gasteiger partial charge is 0.419 e. The molecule has 0 aliphatic carbocycles. The summed E-state index contributed by atoms with van der Waals surface area (Å²) in [5, 5.41) is 0. The van der Waals surface area contributed by atoms with E-state index in [4.69, 9.17) is 9.79 Å². The van der Waals surface area contributed by atoms with Crippen LogP contribution in [-0.2, 0) is 14.1 Å². The third kappa shape index (κ3) is 3.40. The molecule has 0 aliphatic heterocycles. The fourth-order valence-corrected chi connectivity index (χ4v) is 0.473. The average Bonchev–Trinajstić information content (AvgIpc) is 1.60. The van der Waals surface area contributed by atoms with E-state index in [2.05, 4.69) is 11.3 Å². The molecule has 2 N–H and O–H groups in total. The van der Waals surface area contributed by atoms with Gasteiger partial charge in [0.2, 0.25) is 5.50 Å². The van der Waals surface area contributed by atoms with E-state index in [0.29, 0.717) is 0 Å². The average molecular weight is 166 g/mol. The van der Waals surface area contributed by atoms with Gasteiger partial charge in [-0.1, -0.05) is 0 Å². The Balaban J connectivity index is 4.13. The van der Waals surface area contributed by atoms with E-state index in [1.165, 1.54) is 0 Å². The van der Waals surface area contributed by atoms with Crippen LogP contribution in [0.2, 0.25) is 0 Å². The van der Waals surface area contributed by atoms with Gasteiger partial charge < -0.3 is 14.5 Å². The number of ether oxygens (including phenoxy) is 1. The first-order valence-corrected chi connectivity index (χ1v) is 3.88. The molecular formula is C4H7O5P. The summed E-state index contributed by atoms with van der Waals surface area (Å²) in [4.78, 5) is 26.6. The van der Waals surface area contributed by atoms with Crippen molar-refractivity contribution in [3.63, 3.8) is 0 Å². The van der Waals surface area contributed by atoms with Gasteiger partial charge in [0.05, 0.1) is 0 Å². The van der Waals surface area contributed by atoms with Crippen molar-refractivity contribution >= 4 is 13.6 Å². The lowest BCUT2D eigenvalue weighted by Gasteiger charge is -2.04. The van der Waals surface area contributed by atoms with Crippen LogP contribution in [-0.4, -0.2) is 15.8 Å². The minimum Gasteiger partial charge on any atom is -0.419 e. The van der Waals surface area contributed by atoms with Crippen molar-refractivity contribution in [2.75, 3.05) is 0 Å². The molecule has 0 saturated carbocycles. The SMILES string of the molecule is C=C(OC(C)=O)P(=O)(O)O. The van der Waals surface area contributed by atoms with Crippen LogP contribution in [0.15, 0.2) is 12.1 Å². The standard InChI is InChI=1S/C4H7O5P/c1-3(5)9-4(2)10(6,7)8/h2H2,1H3,(H2,6,7,8). The normalized spacial score (nSPS) is 10.7. The Morgan fingerprint density at radius 3 is 2.10 bits per heavy atom. The quantitative estimate of drug-likeness (QED) is 0.347. The molecule has 0 unspecified atom stereocenters. The molecule has 0 aromatic rings. The molecule has 0 amide bonds. The van der Waals surface area contributed by atoms with Crippen molar-refractivity contribution in [2.45, 2.75) is 6.92 Å². The minimum absolute atomic E-state index is 0.798. The molecule has 0 radical (unpaired) electrons. The van der Waals surface area contributed by atoms with Crippen molar-refractivity contribution in [2.24, 2.45) is 0 Å². The molecule has 0 saturated heterocycles. The lowest BCUT2D eigenvalue weighted by Crippen LogP contribution is -1.97. The third-order valence-corrected chi connectivity index (χ3v) is 1.33. The Kier molecular flexibility index (Phi) is 2.77. The van der Waals surface area contributed by atoms with Gasteiger partial charge >= 0.3 is 13.6 Å². The van der Waals surface area contributed by atoms with Crippen LogP contribution in [0.4, 0.5) is 0 Å². The molecule has 58 valence electrons. The van der Waals surface area contributed by atoms with Crippen LogP contribution in [0.3, 0.4) is 0 Å². The minimum atomic E-state index is -4.45. The van der Waals surface area contributed by atoms with E-state index in [1.54, 1.807) is 0 Å². The van der Waals surface area contributed by atoms with Gasteiger partial charge in [0.15, 0.2) is 0 Å². The van der Waals surface area contributed by atoms with Gasteiger partial charge in [-0.3, -0.25) is 9.36 Å². The fraction of sp³-hybridized carbons (Fsp3) is 0.250. The fourth-order valence-electron chi connectivity index (χ4n) is 0.225. The zero-order valence-corrected chi connectivity index (χ0v) is 6.17. The smallest absolute Gasteiger partial charge is 0.390 e. The number of carbonyl (C=O) groups is 1. The monoisotopic (exact) mass is 166 g/mol. The Bertz CT molecular complexity index is 202. The highest BCUT2D eigenvalue weighted by Crippen LogP contribution is 2.44. The summed E-state index contributed by atoms with van der Waals surface area (Å²) < 4.78 is 14.2. The topological polar surface area (TPSA) is 83.8 Å². The first-order chi connectivity index (χ1) is 4.34. The summed E-state index contributed by atoms with van der Waals surface area (Å²) in [5.41, 5.74) is -0.819. The van der Waals surface area contributed by atoms with E-state index in [1.807, 2.05) is 0 Å². The summed E-state index contributed by atoms with van der Waals surface area (Å²) >= 11 is 0. The molecule has 0 spiro atoms. The maximum Gasteiger partial charge on any atom is 0.390 e. The second kappa shape index (κ2) is 2.96. The predicted octanol–water partition coefficient (Wildman–Crippen LogP) is 0.198. The molecule has 0 heterocycles. The predicted molar refractivity (Wildman–Crippen MR) is 33.0 cm³/mol. The molecule has 0 aromatic heterocycles. The number of rotatable bonds is 2. The lowest BCUT2D eigenvalue weighted by molar-refractivity contribution is -0.136. The molecule has 0 aromatic carbocycles. The number of esters is 1. The van der Waals surface area contributed by atoms with Crippen molar-refractivity contribution in [3.05, 3.63) is 12.1 Å². The van der Waals surface area contributed by atoms with Gasteiger partial charge in [-0.05, 0) is 6.58 Å². The highest BCUT2D eigenvalue weighted by molar-refractivity contribution is 7.56. The van der Waals surface area contributed by atoms with Gasteiger partial charge in [0.25, 0.3) is 0 Å². The van der Waals surface area contributed by atoms with Crippen LogP contribution in [0.25, 0.3) is 0 Å². The molecular weight excluding hydrogens is 159 g/mol. The molecule has 0 aliphatic rings. The van der Waals surface area contributed by atoms with Crippen LogP contribution < -0.4 is 0 Å². The second-order valence-electron chi connectivity index (χ2n) is 1.53. The summed E-state index contributed by atoms with van der Waals surface area (Å²) in [7, 11) is -4.45.